The molecule has 0 atom stereocenters. The van der Waals surface area contributed by atoms with Crippen LogP contribution in [0.15, 0.2) is 18.2 Å². The van der Waals surface area contributed by atoms with Crippen molar-refractivity contribution in [2.45, 2.75) is 13.0 Å². The number of rotatable bonds is 1. The molecule has 0 bridgehead atoms. The van der Waals surface area contributed by atoms with Gasteiger partial charge in [0.2, 0.25) is 0 Å². The van der Waals surface area contributed by atoms with Crippen LogP contribution < -0.4 is 10.6 Å². The van der Waals surface area contributed by atoms with Crippen LogP contribution in [0.5, 0.6) is 0 Å². The molecule has 74 valence electrons. The Kier molecular flexibility index (Phi) is 2.37. The summed E-state index contributed by atoms with van der Waals surface area (Å²) in [5, 5.41) is 14.2. The maximum Gasteiger partial charge on any atom is 0.409 e. The quantitative estimate of drug-likeness (QED) is 0.630. The van der Waals surface area contributed by atoms with Crippen LogP contribution in [0.25, 0.3) is 0 Å². The number of hydrogen-bond acceptors (Lipinski definition) is 2. The second kappa shape index (κ2) is 3.67. The number of amides is 1. The third-order valence-corrected chi connectivity index (χ3v) is 2.34. The van der Waals surface area contributed by atoms with Gasteiger partial charge in [0.05, 0.1) is 0 Å². The SMILES string of the molecule is O=C(O)Nc1ccc2c(c1)CCNC2. The van der Waals surface area contributed by atoms with E-state index in [0.717, 1.165) is 19.5 Å². The van der Waals surface area contributed by atoms with E-state index in [0.29, 0.717) is 5.69 Å². The molecule has 1 aromatic rings. The van der Waals surface area contributed by atoms with Gasteiger partial charge >= 0.3 is 6.09 Å². The zero-order valence-electron chi connectivity index (χ0n) is 7.71. The molecule has 1 heterocycles. The first-order valence-electron chi connectivity index (χ1n) is 4.58. The maximum absolute atomic E-state index is 10.4. The van der Waals surface area contributed by atoms with Crippen LogP contribution in [-0.2, 0) is 13.0 Å². The molecule has 1 aromatic carbocycles. The number of fused-ring (bicyclic) bond motifs is 1. The van der Waals surface area contributed by atoms with Gasteiger partial charge in [-0.2, -0.15) is 0 Å². The molecule has 0 radical (unpaired) electrons. The van der Waals surface area contributed by atoms with Crippen molar-refractivity contribution in [1.29, 1.82) is 0 Å². The van der Waals surface area contributed by atoms with Gasteiger partial charge in [-0.1, -0.05) is 6.07 Å². The topological polar surface area (TPSA) is 61.4 Å². The highest BCUT2D eigenvalue weighted by Gasteiger charge is 2.09. The van der Waals surface area contributed by atoms with Crippen molar-refractivity contribution in [3.8, 4) is 0 Å². The summed E-state index contributed by atoms with van der Waals surface area (Å²) in [4.78, 5) is 10.4. The predicted octanol–water partition coefficient (Wildman–Crippen LogP) is 1.42. The largest absolute Gasteiger partial charge is 0.465 e. The Morgan fingerprint density at radius 1 is 1.43 bits per heavy atom. The fraction of sp³-hybridized carbons (Fsp3) is 0.300. The van der Waals surface area contributed by atoms with Gasteiger partial charge in [0, 0.05) is 12.2 Å². The third kappa shape index (κ3) is 1.85. The number of hydrogen-bond donors (Lipinski definition) is 3. The minimum absolute atomic E-state index is 0.651. The Morgan fingerprint density at radius 3 is 3.07 bits per heavy atom. The first-order valence-corrected chi connectivity index (χ1v) is 4.58. The molecule has 0 saturated heterocycles. The number of carbonyl (C=O) groups is 1. The minimum Gasteiger partial charge on any atom is -0.465 e. The number of benzene rings is 1. The Bertz CT molecular complexity index is 363. The predicted molar refractivity (Wildman–Crippen MR) is 53.5 cm³/mol. The lowest BCUT2D eigenvalue weighted by Crippen LogP contribution is -2.23. The van der Waals surface area contributed by atoms with Crippen LogP contribution in [0.4, 0.5) is 10.5 Å². The van der Waals surface area contributed by atoms with Crippen LogP contribution in [0, 0.1) is 0 Å². The highest BCUT2D eigenvalue weighted by Crippen LogP contribution is 2.18. The number of carboxylic acid groups (broad SMARTS) is 1. The normalized spacial score (nSPS) is 14.6. The second-order valence-electron chi connectivity index (χ2n) is 3.34. The van der Waals surface area contributed by atoms with Crippen molar-refractivity contribution in [2.24, 2.45) is 0 Å². The van der Waals surface area contributed by atoms with E-state index in [-0.39, 0.29) is 0 Å². The van der Waals surface area contributed by atoms with E-state index in [2.05, 4.69) is 10.6 Å². The Hall–Kier alpha value is -1.55. The van der Waals surface area contributed by atoms with Crippen molar-refractivity contribution >= 4 is 11.8 Å². The molecule has 3 N–H and O–H groups in total. The van der Waals surface area contributed by atoms with Crippen LogP contribution in [0.2, 0.25) is 0 Å². The van der Waals surface area contributed by atoms with E-state index >= 15 is 0 Å². The molecule has 1 aliphatic rings. The van der Waals surface area contributed by atoms with E-state index in [9.17, 15) is 4.79 Å². The lowest BCUT2D eigenvalue weighted by atomic mass is 10.0. The van der Waals surface area contributed by atoms with Crippen molar-refractivity contribution in [3.05, 3.63) is 29.3 Å². The summed E-state index contributed by atoms with van der Waals surface area (Å²) in [6.45, 7) is 1.84. The molecular formula is C10H12N2O2. The fourth-order valence-electron chi connectivity index (χ4n) is 1.68. The molecule has 0 saturated carbocycles. The third-order valence-electron chi connectivity index (χ3n) is 2.34. The van der Waals surface area contributed by atoms with E-state index < -0.39 is 6.09 Å². The summed E-state index contributed by atoms with van der Waals surface area (Å²) in [7, 11) is 0. The molecule has 4 nitrogen and oxygen atoms in total. The number of nitrogens with one attached hydrogen (secondary N) is 2. The van der Waals surface area contributed by atoms with Gasteiger partial charge < -0.3 is 10.4 Å². The monoisotopic (exact) mass is 192 g/mol. The van der Waals surface area contributed by atoms with Gasteiger partial charge in [-0.3, -0.25) is 5.32 Å². The fourth-order valence-corrected chi connectivity index (χ4v) is 1.68. The van der Waals surface area contributed by atoms with Crippen molar-refractivity contribution in [1.82, 2.24) is 5.32 Å². The molecule has 0 fully saturated rings. The average molecular weight is 192 g/mol. The van der Waals surface area contributed by atoms with E-state index in [4.69, 9.17) is 5.11 Å². The van der Waals surface area contributed by atoms with Crippen LogP contribution in [0.1, 0.15) is 11.1 Å². The van der Waals surface area contributed by atoms with Gasteiger partial charge in [-0.05, 0) is 36.2 Å². The van der Waals surface area contributed by atoms with Crippen molar-refractivity contribution in [2.75, 3.05) is 11.9 Å². The summed E-state index contributed by atoms with van der Waals surface area (Å²) < 4.78 is 0. The van der Waals surface area contributed by atoms with Crippen molar-refractivity contribution < 1.29 is 9.90 Å². The highest BCUT2D eigenvalue weighted by molar-refractivity contribution is 5.83. The molecule has 1 aliphatic heterocycles. The zero-order chi connectivity index (χ0) is 9.97. The molecular weight excluding hydrogens is 180 g/mol. The lowest BCUT2D eigenvalue weighted by molar-refractivity contribution is 0.210. The first kappa shape index (κ1) is 9.02. The van der Waals surface area contributed by atoms with Crippen LogP contribution in [-0.4, -0.2) is 17.7 Å². The van der Waals surface area contributed by atoms with Gasteiger partial charge in [0.25, 0.3) is 0 Å². The molecule has 14 heavy (non-hydrogen) atoms. The Labute approximate surface area is 81.9 Å². The summed E-state index contributed by atoms with van der Waals surface area (Å²) >= 11 is 0. The average Bonchev–Trinajstić information content (AvgIpc) is 2.17. The summed E-state index contributed by atoms with van der Waals surface area (Å²) in [5.74, 6) is 0. The zero-order valence-corrected chi connectivity index (χ0v) is 7.71. The smallest absolute Gasteiger partial charge is 0.409 e. The van der Waals surface area contributed by atoms with Gasteiger partial charge in [0.15, 0.2) is 0 Å². The second-order valence-corrected chi connectivity index (χ2v) is 3.34. The summed E-state index contributed by atoms with van der Waals surface area (Å²) in [5.41, 5.74) is 3.14. The summed E-state index contributed by atoms with van der Waals surface area (Å²) in [6.07, 6.45) is -0.0522. The number of anilines is 1. The van der Waals surface area contributed by atoms with Crippen molar-refractivity contribution in [3.63, 3.8) is 0 Å². The molecule has 0 aliphatic carbocycles. The van der Waals surface area contributed by atoms with Gasteiger partial charge in [-0.15, -0.1) is 0 Å². The molecule has 4 heteroatoms. The minimum atomic E-state index is -1.01. The molecule has 0 spiro atoms. The van der Waals surface area contributed by atoms with Crippen LogP contribution in [0.3, 0.4) is 0 Å². The van der Waals surface area contributed by atoms with E-state index in [1.807, 2.05) is 12.1 Å². The van der Waals surface area contributed by atoms with Gasteiger partial charge in [-0.25, -0.2) is 4.79 Å². The molecule has 1 amide bonds. The van der Waals surface area contributed by atoms with E-state index in [1.54, 1.807) is 6.07 Å². The lowest BCUT2D eigenvalue weighted by Gasteiger charge is -2.17. The van der Waals surface area contributed by atoms with Gasteiger partial charge in [0.1, 0.15) is 0 Å². The summed E-state index contributed by atoms with van der Waals surface area (Å²) in [6, 6.07) is 5.66. The first-order chi connectivity index (χ1) is 6.75. The van der Waals surface area contributed by atoms with E-state index in [1.165, 1.54) is 11.1 Å². The Balaban J connectivity index is 2.24. The standard InChI is InChI=1S/C10H12N2O2/c13-10(14)12-9-2-1-8-6-11-4-3-7(8)5-9/h1-2,5,11-12H,3-4,6H2,(H,13,14). The Morgan fingerprint density at radius 2 is 2.29 bits per heavy atom. The van der Waals surface area contributed by atoms with Crippen LogP contribution >= 0.6 is 0 Å². The molecule has 0 aromatic heterocycles. The maximum atomic E-state index is 10.4. The molecule has 0 unspecified atom stereocenters. The molecule has 2 rings (SSSR count). The highest BCUT2D eigenvalue weighted by atomic mass is 16.4.